The first-order chi connectivity index (χ1) is 9.20. The summed E-state index contributed by atoms with van der Waals surface area (Å²) in [6.45, 7) is 4.92. The van der Waals surface area contributed by atoms with Gasteiger partial charge in [-0.15, -0.1) is 0 Å². The number of carbonyl (C=O) groups is 1. The fourth-order valence-electron chi connectivity index (χ4n) is 2.62. The molecule has 0 radical (unpaired) electrons. The van der Waals surface area contributed by atoms with Crippen molar-refractivity contribution in [3.05, 3.63) is 35.9 Å². The smallest absolute Gasteiger partial charge is 0.234 e. The summed E-state index contributed by atoms with van der Waals surface area (Å²) in [5.74, 6) is 0.433. The fraction of sp³-hybridized carbons (Fsp3) is 0.533. The number of benzene rings is 1. The molecular formula is C15H23N3O. The predicted molar refractivity (Wildman–Crippen MR) is 76.9 cm³/mol. The molecule has 4 heteroatoms. The van der Waals surface area contributed by atoms with E-state index < -0.39 is 0 Å². The number of carbonyl (C=O) groups excluding carboxylic acids is 1. The van der Waals surface area contributed by atoms with Crippen molar-refractivity contribution < 1.29 is 4.79 Å². The minimum atomic E-state index is 0.0998. The second-order valence-corrected chi connectivity index (χ2v) is 5.23. The minimum Gasteiger partial charge on any atom is -0.355 e. The summed E-state index contributed by atoms with van der Waals surface area (Å²) < 4.78 is 0. The maximum absolute atomic E-state index is 11.7. The number of likely N-dealkylation sites (tertiary alicyclic amines) is 1. The van der Waals surface area contributed by atoms with E-state index in [2.05, 4.69) is 29.3 Å². The third-order valence-electron chi connectivity index (χ3n) is 3.61. The van der Waals surface area contributed by atoms with Crippen LogP contribution in [0, 0.1) is 0 Å². The van der Waals surface area contributed by atoms with Gasteiger partial charge >= 0.3 is 0 Å². The Labute approximate surface area is 115 Å². The Morgan fingerprint density at radius 1 is 1.37 bits per heavy atom. The molecule has 0 aliphatic carbocycles. The Morgan fingerprint density at radius 3 is 2.79 bits per heavy atom. The van der Waals surface area contributed by atoms with Gasteiger partial charge in [-0.25, -0.2) is 0 Å². The zero-order chi connectivity index (χ0) is 13.7. The zero-order valence-corrected chi connectivity index (χ0v) is 11.5. The molecule has 104 valence electrons. The molecule has 0 unspecified atom stereocenters. The number of nitrogens with zero attached hydrogens (tertiary/aromatic N) is 1. The molecule has 0 aromatic heterocycles. The van der Waals surface area contributed by atoms with Crippen molar-refractivity contribution in [1.29, 1.82) is 0 Å². The third kappa shape index (κ3) is 3.78. The number of nitrogens with one attached hydrogen (secondary N) is 1. The van der Waals surface area contributed by atoms with E-state index in [-0.39, 0.29) is 11.9 Å². The topological polar surface area (TPSA) is 58.4 Å². The maximum Gasteiger partial charge on any atom is 0.234 e. The van der Waals surface area contributed by atoms with Gasteiger partial charge in [-0.2, -0.15) is 0 Å². The van der Waals surface area contributed by atoms with Gasteiger partial charge in [0, 0.05) is 31.6 Å². The number of nitrogens with two attached hydrogens (primary N) is 1. The van der Waals surface area contributed by atoms with Crippen molar-refractivity contribution in [3.8, 4) is 0 Å². The molecule has 1 amide bonds. The van der Waals surface area contributed by atoms with E-state index in [0.717, 1.165) is 26.1 Å². The van der Waals surface area contributed by atoms with Crippen LogP contribution in [0.15, 0.2) is 30.3 Å². The Morgan fingerprint density at radius 2 is 2.11 bits per heavy atom. The van der Waals surface area contributed by atoms with Gasteiger partial charge in [0.25, 0.3) is 0 Å². The molecule has 0 bridgehead atoms. The summed E-state index contributed by atoms with van der Waals surface area (Å²) in [4.78, 5) is 13.9. The van der Waals surface area contributed by atoms with Crippen LogP contribution in [0.5, 0.6) is 0 Å². The Hall–Kier alpha value is -1.39. The molecule has 2 atom stereocenters. The van der Waals surface area contributed by atoms with Gasteiger partial charge in [-0.3, -0.25) is 9.69 Å². The van der Waals surface area contributed by atoms with Crippen molar-refractivity contribution in [3.63, 3.8) is 0 Å². The van der Waals surface area contributed by atoms with Gasteiger partial charge in [-0.05, 0) is 12.0 Å². The highest BCUT2D eigenvalue weighted by Gasteiger charge is 2.31. The van der Waals surface area contributed by atoms with Crippen LogP contribution in [0.4, 0.5) is 0 Å². The average Bonchev–Trinajstić information content (AvgIpc) is 2.78. The highest BCUT2D eigenvalue weighted by atomic mass is 16.2. The fourth-order valence-corrected chi connectivity index (χ4v) is 2.62. The monoisotopic (exact) mass is 261 g/mol. The van der Waals surface area contributed by atoms with E-state index in [4.69, 9.17) is 5.73 Å². The van der Waals surface area contributed by atoms with E-state index >= 15 is 0 Å². The zero-order valence-electron chi connectivity index (χ0n) is 11.5. The average molecular weight is 261 g/mol. The largest absolute Gasteiger partial charge is 0.355 e. The van der Waals surface area contributed by atoms with E-state index in [9.17, 15) is 4.79 Å². The molecule has 4 nitrogen and oxygen atoms in total. The molecule has 3 N–H and O–H groups in total. The van der Waals surface area contributed by atoms with Crippen molar-refractivity contribution in [2.45, 2.75) is 25.3 Å². The first kappa shape index (κ1) is 14.0. The molecule has 1 aliphatic heterocycles. The summed E-state index contributed by atoms with van der Waals surface area (Å²) >= 11 is 0. The second kappa shape index (κ2) is 6.68. The summed E-state index contributed by atoms with van der Waals surface area (Å²) in [7, 11) is 0. The highest BCUT2D eigenvalue weighted by Crippen LogP contribution is 2.25. The Bertz CT molecular complexity index is 407. The lowest BCUT2D eigenvalue weighted by Gasteiger charge is -2.15. The van der Waals surface area contributed by atoms with Crippen LogP contribution in [0.25, 0.3) is 0 Å². The van der Waals surface area contributed by atoms with Crippen LogP contribution >= 0.6 is 0 Å². The molecular weight excluding hydrogens is 238 g/mol. The first-order valence-corrected chi connectivity index (χ1v) is 7.00. The number of amides is 1. The van der Waals surface area contributed by atoms with Crippen molar-refractivity contribution in [2.24, 2.45) is 5.73 Å². The van der Waals surface area contributed by atoms with Gasteiger partial charge in [0.2, 0.25) is 5.91 Å². The second-order valence-electron chi connectivity index (χ2n) is 5.23. The lowest BCUT2D eigenvalue weighted by atomic mass is 9.95. The van der Waals surface area contributed by atoms with Gasteiger partial charge in [0.05, 0.1) is 6.54 Å². The van der Waals surface area contributed by atoms with Crippen LogP contribution in [0.3, 0.4) is 0 Å². The normalized spacial score (nSPS) is 23.5. The van der Waals surface area contributed by atoms with Crippen LogP contribution in [-0.2, 0) is 4.79 Å². The predicted octanol–water partition coefficient (Wildman–Crippen LogP) is 0.939. The van der Waals surface area contributed by atoms with E-state index in [0.29, 0.717) is 12.5 Å². The molecule has 1 fully saturated rings. The molecule has 1 aliphatic rings. The number of hydrogen-bond acceptors (Lipinski definition) is 3. The van der Waals surface area contributed by atoms with E-state index in [1.165, 1.54) is 5.56 Å². The highest BCUT2D eigenvalue weighted by molar-refractivity contribution is 5.78. The quantitative estimate of drug-likeness (QED) is 0.829. The number of rotatable bonds is 5. The van der Waals surface area contributed by atoms with Crippen molar-refractivity contribution in [2.75, 3.05) is 26.2 Å². The third-order valence-corrected chi connectivity index (χ3v) is 3.61. The molecule has 1 saturated heterocycles. The van der Waals surface area contributed by atoms with Crippen molar-refractivity contribution in [1.82, 2.24) is 10.2 Å². The van der Waals surface area contributed by atoms with Gasteiger partial charge in [0.1, 0.15) is 0 Å². The summed E-state index contributed by atoms with van der Waals surface area (Å²) in [5, 5.41) is 2.91. The minimum absolute atomic E-state index is 0.0998. The van der Waals surface area contributed by atoms with Crippen LogP contribution < -0.4 is 11.1 Å². The standard InChI is InChI=1S/C15H23N3O/c1-2-8-17-15(19)11-18-9-13(14(16)10-18)12-6-4-3-5-7-12/h3-7,13-14H,2,8-11,16H2,1H3,(H,17,19)/t13-,14+/m0/s1. The van der Waals surface area contributed by atoms with E-state index in [1.54, 1.807) is 0 Å². The molecule has 19 heavy (non-hydrogen) atoms. The summed E-state index contributed by atoms with van der Waals surface area (Å²) in [5.41, 5.74) is 7.47. The Kier molecular flexibility index (Phi) is 4.93. The molecule has 1 aromatic carbocycles. The van der Waals surface area contributed by atoms with Crippen LogP contribution in [0.2, 0.25) is 0 Å². The van der Waals surface area contributed by atoms with Gasteiger partial charge in [-0.1, -0.05) is 37.3 Å². The molecule has 1 aromatic rings. The summed E-state index contributed by atoms with van der Waals surface area (Å²) in [6, 6.07) is 10.4. The van der Waals surface area contributed by atoms with Gasteiger partial charge in [0.15, 0.2) is 0 Å². The van der Waals surface area contributed by atoms with E-state index in [1.807, 2.05) is 18.2 Å². The van der Waals surface area contributed by atoms with Gasteiger partial charge < -0.3 is 11.1 Å². The number of hydrogen-bond donors (Lipinski definition) is 2. The molecule has 0 spiro atoms. The Balaban J connectivity index is 1.89. The maximum atomic E-state index is 11.7. The first-order valence-electron chi connectivity index (χ1n) is 7.00. The summed E-state index contributed by atoms with van der Waals surface area (Å²) in [6.07, 6.45) is 0.970. The lowest BCUT2D eigenvalue weighted by molar-refractivity contribution is -0.122. The molecule has 1 heterocycles. The van der Waals surface area contributed by atoms with Crippen molar-refractivity contribution >= 4 is 5.91 Å². The lowest BCUT2D eigenvalue weighted by Crippen LogP contribution is -2.37. The van der Waals surface area contributed by atoms with Crippen LogP contribution in [-0.4, -0.2) is 43.0 Å². The molecule has 0 saturated carbocycles. The SMILES string of the molecule is CCCNC(=O)CN1C[C@@H](N)[C@H](c2ccccc2)C1. The van der Waals surface area contributed by atoms with Crippen LogP contribution in [0.1, 0.15) is 24.8 Å². The molecule has 2 rings (SSSR count).